The number of nitrogens with one attached hydrogen (secondary N) is 1. The molecule has 2 nitrogen and oxygen atoms in total. The number of ketones is 1. The van der Waals surface area contributed by atoms with E-state index in [1.165, 1.54) is 0 Å². The van der Waals surface area contributed by atoms with Crippen LogP contribution in [0.4, 0.5) is 0 Å². The molecule has 0 aliphatic heterocycles. The second-order valence-corrected chi connectivity index (χ2v) is 4.84. The Morgan fingerprint density at radius 2 is 2.33 bits per heavy atom. The van der Waals surface area contributed by atoms with E-state index in [2.05, 4.69) is 19.2 Å². The Labute approximate surface area is 95.7 Å². The van der Waals surface area contributed by atoms with Gasteiger partial charge in [0, 0.05) is 18.9 Å². The third-order valence-corrected chi connectivity index (χ3v) is 2.90. The first-order valence-electron chi connectivity index (χ1n) is 5.44. The van der Waals surface area contributed by atoms with E-state index in [1.54, 1.807) is 11.3 Å². The van der Waals surface area contributed by atoms with Crippen LogP contribution in [0, 0.1) is 0 Å². The van der Waals surface area contributed by atoms with Gasteiger partial charge in [0.05, 0.1) is 0 Å². The highest BCUT2D eigenvalue weighted by molar-refractivity contribution is 7.07. The SMILES string of the molecule is CC(C)NCCCC(=O)Cc1ccsc1. The average molecular weight is 225 g/mol. The summed E-state index contributed by atoms with van der Waals surface area (Å²) in [6.07, 6.45) is 2.24. The summed E-state index contributed by atoms with van der Waals surface area (Å²) in [5.41, 5.74) is 1.15. The fourth-order valence-corrected chi connectivity index (χ4v) is 2.05. The van der Waals surface area contributed by atoms with E-state index in [-0.39, 0.29) is 0 Å². The number of rotatable bonds is 7. The zero-order valence-electron chi connectivity index (χ0n) is 9.45. The summed E-state index contributed by atoms with van der Waals surface area (Å²) in [7, 11) is 0. The molecule has 0 aliphatic carbocycles. The highest BCUT2D eigenvalue weighted by Crippen LogP contribution is 2.08. The van der Waals surface area contributed by atoms with Gasteiger partial charge in [0.1, 0.15) is 5.78 Å². The van der Waals surface area contributed by atoms with Crippen LogP contribution >= 0.6 is 11.3 Å². The number of carbonyl (C=O) groups excluding carboxylic acids is 1. The molecule has 1 N–H and O–H groups in total. The van der Waals surface area contributed by atoms with Gasteiger partial charge in [-0.3, -0.25) is 4.79 Å². The molecule has 0 saturated heterocycles. The van der Waals surface area contributed by atoms with Crippen LogP contribution < -0.4 is 5.32 Å². The predicted molar refractivity (Wildman–Crippen MR) is 65.4 cm³/mol. The fourth-order valence-electron chi connectivity index (χ4n) is 1.39. The first kappa shape index (κ1) is 12.4. The summed E-state index contributed by atoms with van der Waals surface area (Å²) in [4.78, 5) is 11.5. The van der Waals surface area contributed by atoms with Gasteiger partial charge in [-0.15, -0.1) is 0 Å². The van der Waals surface area contributed by atoms with Gasteiger partial charge in [-0.2, -0.15) is 11.3 Å². The van der Waals surface area contributed by atoms with E-state index in [4.69, 9.17) is 0 Å². The lowest BCUT2D eigenvalue weighted by Crippen LogP contribution is -2.24. The number of Topliss-reactive ketones (excluding diaryl/α,β-unsaturated/α-hetero) is 1. The van der Waals surface area contributed by atoms with E-state index in [1.807, 2.05) is 16.8 Å². The third kappa shape index (κ3) is 5.70. The van der Waals surface area contributed by atoms with E-state index >= 15 is 0 Å². The van der Waals surface area contributed by atoms with Crippen LogP contribution in [-0.2, 0) is 11.2 Å². The van der Waals surface area contributed by atoms with Crippen molar-refractivity contribution in [2.75, 3.05) is 6.54 Å². The Morgan fingerprint density at radius 1 is 1.53 bits per heavy atom. The van der Waals surface area contributed by atoms with E-state index in [9.17, 15) is 4.79 Å². The lowest BCUT2D eigenvalue weighted by atomic mass is 10.1. The molecule has 0 spiro atoms. The van der Waals surface area contributed by atoms with Crippen molar-refractivity contribution in [1.82, 2.24) is 5.32 Å². The molecule has 1 aromatic heterocycles. The van der Waals surface area contributed by atoms with Gasteiger partial charge in [-0.25, -0.2) is 0 Å². The maximum absolute atomic E-state index is 11.5. The highest BCUT2D eigenvalue weighted by Gasteiger charge is 2.03. The van der Waals surface area contributed by atoms with Crippen LogP contribution in [0.1, 0.15) is 32.3 Å². The van der Waals surface area contributed by atoms with Crippen LogP contribution in [0.25, 0.3) is 0 Å². The molecule has 0 saturated carbocycles. The molecule has 1 heterocycles. The molecule has 0 bridgehead atoms. The number of hydrogen-bond donors (Lipinski definition) is 1. The molecule has 0 aliphatic rings. The van der Waals surface area contributed by atoms with Crippen LogP contribution in [-0.4, -0.2) is 18.4 Å². The van der Waals surface area contributed by atoms with E-state index in [0.29, 0.717) is 24.7 Å². The molecule has 0 atom stereocenters. The van der Waals surface area contributed by atoms with Gasteiger partial charge in [0.25, 0.3) is 0 Å². The van der Waals surface area contributed by atoms with Gasteiger partial charge in [-0.1, -0.05) is 13.8 Å². The zero-order valence-corrected chi connectivity index (χ0v) is 10.3. The summed E-state index contributed by atoms with van der Waals surface area (Å²) in [5.74, 6) is 0.346. The molecule has 15 heavy (non-hydrogen) atoms. The minimum absolute atomic E-state index is 0.346. The quantitative estimate of drug-likeness (QED) is 0.723. The second kappa shape index (κ2) is 6.75. The Hall–Kier alpha value is -0.670. The summed E-state index contributed by atoms with van der Waals surface area (Å²) < 4.78 is 0. The Bertz CT molecular complexity index is 280. The first-order valence-corrected chi connectivity index (χ1v) is 6.39. The van der Waals surface area contributed by atoms with Crippen molar-refractivity contribution in [1.29, 1.82) is 0 Å². The molecule has 0 radical (unpaired) electrons. The molecule has 0 amide bonds. The standard InChI is InChI=1S/C12H19NOS/c1-10(2)13-6-3-4-12(14)8-11-5-7-15-9-11/h5,7,9-10,13H,3-4,6,8H2,1-2H3. The van der Waals surface area contributed by atoms with Crippen molar-refractivity contribution in [3.05, 3.63) is 22.4 Å². The summed E-state index contributed by atoms with van der Waals surface area (Å²) in [5, 5.41) is 7.37. The van der Waals surface area contributed by atoms with Crippen molar-refractivity contribution in [2.24, 2.45) is 0 Å². The minimum atomic E-state index is 0.346. The van der Waals surface area contributed by atoms with Gasteiger partial charge in [0.2, 0.25) is 0 Å². The Kier molecular flexibility index (Phi) is 5.58. The maximum Gasteiger partial charge on any atom is 0.137 e. The molecular formula is C12H19NOS. The number of hydrogen-bond acceptors (Lipinski definition) is 3. The maximum atomic E-state index is 11.5. The number of thiophene rings is 1. The van der Waals surface area contributed by atoms with E-state index < -0.39 is 0 Å². The topological polar surface area (TPSA) is 29.1 Å². The Balaban J connectivity index is 2.09. The second-order valence-electron chi connectivity index (χ2n) is 4.06. The molecule has 0 aromatic carbocycles. The smallest absolute Gasteiger partial charge is 0.137 e. The van der Waals surface area contributed by atoms with Crippen molar-refractivity contribution < 1.29 is 4.79 Å². The van der Waals surface area contributed by atoms with Gasteiger partial charge < -0.3 is 5.32 Å². The van der Waals surface area contributed by atoms with Crippen molar-refractivity contribution in [3.8, 4) is 0 Å². The van der Waals surface area contributed by atoms with Crippen molar-refractivity contribution in [2.45, 2.75) is 39.2 Å². The molecule has 0 unspecified atom stereocenters. The summed E-state index contributed by atoms with van der Waals surface area (Å²) in [6.45, 7) is 5.17. The minimum Gasteiger partial charge on any atom is -0.315 e. The van der Waals surface area contributed by atoms with Gasteiger partial charge >= 0.3 is 0 Å². The van der Waals surface area contributed by atoms with Crippen LogP contribution in [0.5, 0.6) is 0 Å². The highest BCUT2D eigenvalue weighted by atomic mass is 32.1. The van der Waals surface area contributed by atoms with Crippen molar-refractivity contribution >= 4 is 17.1 Å². The lowest BCUT2D eigenvalue weighted by molar-refractivity contribution is -0.118. The molecule has 1 rings (SSSR count). The average Bonchev–Trinajstić information content (AvgIpc) is 2.64. The normalized spacial score (nSPS) is 10.9. The Morgan fingerprint density at radius 3 is 2.93 bits per heavy atom. The molecule has 1 aromatic rings. The zero-order chi connectivity index (χ0) is 11.1. The molecule has 84 valence electrons. The van der Waals surface area contributed by atoms with Crippen LogP contribution in [0.3, 0.4) is 0 Å². The summed E-state index contributed by atoms with van der Waals surface area (Å²) in [6, 6.07) is 2.53. The molecule has 3 heteroatoms. The number of carbonyl (C=O) groups is 1. The molecule has 0 fully saturated rings. The van der Waals surface area contributed by atoms with Crippen molar-refractivity contribution in [3.63, 3.8) is 0 Å². The van der Waals surface area contributed by atoms with Gasteiger partial charge in [-0.05, 0) is 35.4 Å². The monoisotopic (exact) mass is 225 g/mol. The fraction of sp³-hybridized carbons (Fsp3) is 0.583. The predicted octanol–water partition coefficient (Wildman–Crippen LogP) is 2.64. The third-order valence-electron chi connectivity index (χ3n) is 2.17. The first-order chi connectivity index (χ1) is 7.18. The van der Waals surface area contributed by atoms with Gasteiger partial charge in [0.15, 0.2) is 0 Å². The van der Waals surface area contributed by atoms with E-state index in [0.717, 1.165) is 18.5 Å². The van der Waals surface area contributed by atoms with Crippen LogP contribution in [0.2, 0.25) is 0 Å². The van der Waals surface area contributed by atoms with Crippen LogP contribution in [0.15, 0.2) is 16.8 Å². The molecular weight excluding hydrogens is 206 g/mol. The largest absolute Gasteiger partial charge is 0.315 e. The summed E-state index contributed by atoms with van der Waals surface area (Å²) >= 11 is 1.65. The lowest BCUT2D eigenvalue weighted by Gasteiger charge is -2.06.